The summed E-state index contributed by atoms with van der Waals surface area (Å²) in [5, 5.41) is 3.91. The van der Waals surface area contributed by atoms with Crippen molar-refractivity contribution in [2.75, 3.05) is 6.54 Å². The molecule has 1 atom stereocenters. The third-order valence-corrected chi connectivity index (χ3v) is 5.03. The largest absolute Gasteiger partial charge is 0.343 e. The van der Waals surface area contributed by atoms with Gasteiger partial charge in [-0.05, 0) is 31.9 Å². The van der Waals surface area contributed by atoms with Gasteiger partial charge < -0.3 is 9.42 Å². The van der Waals surface area contributed by atoms with E-state index >= 15 is 0 Å². The molecule has 0 aliphatic carbocycles. The number of carbonyl (C=O) groups excluding carboxylic acids is 2. The number of likely N-dealkylation sites (tertiary alicyclic amines) is 1. The molecular formula is C15H17N3O3S. The summed E-state index contributed by atoms with van der Waals surface area (Å²) in [6.07, 6.45) is 5.20. The molecule has 116 valence electrons. The lowest BCUT2D eigenvalue weighted by molar-refractivity contribution is 0.0675. The van der Waals surface area contributed by atoms with E-state index in [9.17, 15) is 9.59 Å². The number of aromatic nitrogens is 2. The van der Waals surface area contributed by atoms with Gasteiger partial charge in [0.05, 0.1) is 15.8 Å². The van der Waals surface area contributed by atoms with Gasteiger partial charge in [0.1, 0.15) is 0 Å². The van der Waals surface area contributed by atoms with Gasteiger partial charge in [0.25, 0.3) is 5.91 Å². The van der Waals surface area contributed by atoms with Crippen LogP contribution < -0.4 is 0 Å². The molecule has 0 spiro atoms. The third kappa shape index (κ3) is 2.94. The number of amides is 1. The van der Waals surface area contributed by atoms with Crippen LogP contribution >= 0.6 is 11.3 Å². The Labute approximate surface area is 132 Å². The smallest absolute Gasteiger partial charge is 0.264 e. The summed E-state index contributed by atoms with van der Waals surface area (Å²) in [6, 6.07) is 3.28. The van der Waals surface area contributed by atoms with Gasteiger partial charge in [-0.3, -0.25) is 9.59 Å². The zero-order valence-electron chi connectivity index (χ0n) is 12.3. The maximum atomic E-state index is 12.8. The van der Waals surface area contributed by atoms with E-state index in [0.29, 0.717) is 22.1 Å². The van der Waals surface area contributed by atoms with Crippen LogP contribution in [0.4, 0.5) is 0 Å². The first kappa shape index (κ1) is 14.9. The van der Waals surface area contributed by atoms with Crippen molar-refractivity contribution in [1.29, 1.82) is 0 Å². The lowest BCUT2D eigenvalue weighted by atomic mass is 10.1. The lowest BCUT2D eigenvalue weighted by Gasteiger charge is -2.27. The SMILES string of the molecule is CC(=O)c1ccc(C(=O)N2CCCCCC2c2ncon2)s1. The monoisotopic (exact) mass is 319 g/mol. The summed E-state index contributed by atoms with van der Waals surface area (Å²) in [7, 11) is 0. The molecule has 1 amide bonds. The highest BCUT2D eigenvalue weighted by molar-refractivity contribution is 7.15. The summed E-state index contributed by atoms with van der Waals surface area (Å²) in [6.45, 7) is 2.18. The Kier molecular flexibility index (Phi) is 4.33. The number of ketones is 1. The van der Waals surface area contributed by atoms with Gasteiger partial charge in [0.2, 0.25) is 6.39 Å². The van der Waals surface area contributed by atoms with E-state index in [1.807, 2.05) is 4.90 Å². The van der Waals surface area contributed by atoms with Crippen molar-refractivity contribution in [3.05, 3.63) is 34.1 Å². The number of Topliss-reactive ketones (excluding diaryl/α,β-unsaturated/α-hetero) is 1. The molecule has 3 heterocycles. The molecule has 1 fully saturated rings. The van der Waals surface area contributed by atoms with Crippen molar-refractivity contribution in [2.45, 2.75) is 38.6 Å². The predicted octanol–water partition coefficient (Wildman–Crippen LogP) is 3.09. The van der Waals surface area contributed by atoms with Gasteiger partial charge in [0.15, 0.2) is 11.6 Å². The van der Waals surface area contributed by atoms with E-state index < -0.39 is 0 Å². The van der Waals surface area contributed by atoms with Crippen molar-refractivity contribution in [2.24, 2.45) is 0 Å². The number of hydrogen-bond acceptors (Lipinski definition) is 6. The number of hydrogen-bond donors (Lipinski definition) is 0. The van der Waals surface area contributed by atoms with E-state index in [2.05, 4.69) is 10.1 Å². The maximum Gasteiger partial charge on any atom is 0.264 e. The van der Waals surface area contributed by atoms with Crippen LogP contribution in [0.1, 0.15) is 63.8 Å². The van der Waals surface area contributed by atoms with Gasteiger partial charge >= 0.3 is 0 Å². The molecule has 22 heavy (non-hydrogen) atoms. The fourth-order valence-corrected chi connectivity index (χ4v) is 3.59. The molecule has 6 nitrogen and oxygen atoms in total. The normalized spacial score (nSPS) is 19.0. The number of thiophene rings is 1. The number of carbonyl (C=O) groups is 2. The topological polar surface area (TPSA) is 76.3 Å². The van der Waals surface area contributed by atoms with Crippen LogP contribution in [0.15, 0.2) is 23.0 Å². The fraction of sp³-hybridized carbons (Fsp3) is 0.467. The van der Waals surface area contributed by atoms with Crippen molar-refractivity contribution >= 4 is 23.0 Å². The van der Waals surface area contributed by atoms with Gasteiger partial charge in [-0.2, -0.15) is 4.98 Å². The van der Waals surface area contributed by atoms with Crippen molar-refractivity contribution in [3.8, 4) is 0 Å². The van der Waals surface area contributed by atoms with E-state index in [0.717, 1.165) is 25.7 Å². The van der Waals surface area contributed by atoms with Crippen LogP contribution in [0, 0.1) is 0 Å². The highest BCUT2D eigenvalue weighted by Gasteiger charge is 2.31. The molecule has 0 N–H and O–H groups in total. The quantitative estimate of drug-likeness (QED) is 0.813. The molecule has 2 aromatic heterocycles. The van der Waals surface area contributed by atoms with Gasteiger partial charge in [-0.15, -0.1) is 11.3 Å². The number of rotatable bonds is 3. The van der Waals surface area contributed by atoms with Crippen molar-refractivity contribution < 1.29 is 14.1 Å². The molecule has 1 aliphatic rings. The molecule has 0 saturated carbocycles. The average molecular weight is 319 g/mol. The highest BCUT2D eigenvalue weighted by Crippen LogP contribution is 2.30. The highest BCUT2D eigenvalue weighted by atomic mass is 32.1. The number of nitrogens with zero attached hydrogens (tertiary/aromatic N) is 3. The molecule has 7 heteroatoms. The Morgan fingerprint density at radius 2 is 2.09 bits per heavy atom. The molecule has 1 unspecified atom stereocenters. The second-order valence-corrected chi connectivity index (χ2v) is 6.46. The minimum atomic E-state index is -0.156. The molecule has 1 aliphatic heterocycles. The minimum absolute atomic E-state index is 0.0189. The predicted molar refractivity (Wildman–Crippen MR) is 80.9 cm³/mol. The second-order valence-electron chi connectivity index (χ2n) is 5.37. The summed E-state index contributed by atoms with van der Waals surface area (Å²) in [5.41, 5.74) is 0. The Morgan fingerprint density at radius 3 is 2.77 bits per heavy atom. The molecule has 2 aromatic rings. The Morgan fingerprint density at radius 1 is 1.27 bits per heavy atom. The van der Waals surface area contributed by atoms with Crippen molar-refractivity contribution in [1.82, 2.24) is 15.0 Å². The van der Waals surface area contributed by atoms with E-state index in [1.165, 1.54) is 24.7 Å². The Balaban J connectivity index is 1.88. The van der Waals surface area contributed by atoms with E-state index in [-0.39, 0.29) is 17.7 Å². The van der Waals surface area contributed by atoms with Crippen LogP contribution in [-0.2, 0) is 0 Å². The zero-order valence-corrected chi connectivity index (χ0v) is 13.1. The summed E-state index contributed by atoms with van der Waals surface area (Å²) >= 11 is 1.24. The molecule has 3 rings (SSSR count). The summed E-state index contributed by atoms with van der Waals surface area (Å²) in [5.74, 6) is 0.474. The summed E-state index contributed by atoms with van der Waals surface area (Å²) in [4.78, 5) is 31.4. The van der Waals surface area contributed by atoms with E-state index in [1.54, 1.807) is 12.1 Å². The zero-order chi connectivity index (χ0) is 15.5. The first-order chi connectivity index (χ1) is 10.7. The van der Waals surface area contributed by atoms with Gasteiger partial charge in [-0.1, -0.05) is 18.0 Å². The fourth-order valence-electron chi connectivity index (χ4n) is 2.73. The lowest BCUT2D eigenvalue weighted by Crippen LogP contribution is -2.34. The average Bonchev–Trinajstić information content (AvgIpc) is 3.14. The summed E-state index contributed by atoms with van der Waals surface area (Å²) < 4.78 is 4.84. The van der Waals surface area contributed by atoms with E-state index in [4.69, 9.17) is 4.52 Å². The van der Waals surface area contributed by atoms with Crippen LogP contribution in [-0.4, -0.2) is 33.3 Å². The van der Waals surface area contributed by atoms with Gasteiger partial charge in [0, 0.05) is 6.54 Å². The molecular weight excluding hydrogens is 302 g/mol. The van der Waals surface area contributed by atoms with Crippen LogP contribution in [0.25, 0.3) is 0 Å². The standard InChI is InChI=1S/C15H17N3O3S/c1-10(19)12-6-7-13(22-12)15(20)18-8-4-2-3-5-11(18)14-16-9-21-17-14/h6-7,9,11H,2-5,8H2,1H3. The van der Waals surface area contributed by atoms with Crippen molar-refractivity contribution in [3.63, 3.8) is 0 Å². The first-order valence-corrected chi connectivity index (χ1v) is 8.16. The first-order valence-electron chi connectivity index (χ1n) is 7.35. The molecule has 0 radical (unpaired) electrons. The van der Waals surface area contributed by atoms with Crippen LogP contribution in [0.5, 0.6) is 0 Å². The molecule has 0 bridgehead atoms. The minimum Gasteiger partial charge on any atom is -0.343 e. The van der Waals surface area contributed by atoms with Crippen LogP contribution in [0.2, 0.25) is 0 Å². The third-order valence-electron chi connectivity index (χ3n) is 3.85. The maximum absolute atomic E-state index is 12.8. The Bertz CT molecular complexity index is 665. The Hall–Kier alpha value is -2.02. The van der Waals surface area contributed by atoms with Gasteiger partial charge in [-0.25, -0.2) is 0 Å². The molecule has 0 aromatic carbocycles. The second kappa shape index (κ2) is 6.39. The molecule has 1 saturated heterocycles. The van der Waals surface area contributed by atoms with Crippen LogP contribution in [0.3, 0.4) is 0 Å².